The molecule has 1 unspecified atom stereocenters. The zero-order valence-electron chi connectivity index (χ0n) is 14.1. The number of rotatable bonds is 6. The third-order valence-corrected chi connectivity index (χ3v) is 4.20. The minimum atomic E-state index is -0.137. The number of ether oxygens (including phenoxy) is 1. The van der Waals surface area contributed by atoms with Crippen LogP contribution < -0.4 is 5.32 Å². The lowest BCUT2D eigenvalue weighted by Gasteiger charge is -2.25. The van der Waals surface area contributed by atoms with E-state index in [9.17, 15) is 4.79 Å². The highest BCUT2D eigenvalue weighted by molar-refractivity contribution is 5.74. The number of hydrogen-bond donors (Lipinski definition) is 1. The van der Waals surface area contributed by atoms with Crippen molar-refractivity contribution in [3.8, 4) is 0 Å². The molecule has 0 bridgehead atoms. The maximum atomic E-state index is 12.4. The standard InChI is InChI=1S/C16H23N5O3/c1-20(11-13-6-8-24-19-13)16(22)17-14-5-3-4-12-10-21(7-9-23-2)18-15(12)14/h6,8,10,14H,3-5,7,9,11H2,1-2H3,(H,17,22). The molecule has 0 spiro atoms. The molecule has 1 N–H and O–H groups in total. The first kappa shape index (κ1) is 16.5. The second-order valence-electron chi connectivity index (χ2n) is 6.04. The quantitative estimate of drug-likeness (QED) is 0.870. The molecule has 8 heteroatoms. The Morgan fingerprint density at radius 1 is 1.58 bits per heavy atom. The van der Waals surface area contributed by atoms with Gasteiger partial charge < -0.3 is 19.5 Å². The van der Waals surface area contributed by atoms with Gasteiger partial charge in [0.25, 0.3) is 0 Å². The van der Waals surface area contributed by atoms with E-state index in [-0.39, 0.29) is 12.1 Å². The van der Waals surface area contributed by atoms with Crippen LogP contribution in [0, 0.1) is 0 Å². The molecule has 1 aliphatic carbocycles. The molecule has 2 aromatic heterocycles. The molecule has 2 heterocycles. The van der Waals surface area contributed by atoms with Crippen LogP contribution in [-0.4, -0.2) is 46.6 Å². The number of urea groups is 1. The fourth-order valence-corrected chi connectivity index (χ4v) is 2.93. The van der Waals surface area contributed by atoms with Crippen LogP contribution in [0.15, 0.2) is 23.0 Å². The maximum absolute atomic E-state index is 12.4. The second kappa shape index (κ2) is 7.48. The fourth-order valence-electron chi connectivity index (χ4n) is 2.93. The minimum Gasteiger partial charge on any atom is -0.383 e. The number of carbonyl (C=O) groups is 1. The van der Waals surface area contributed by atoms with Crippen LogP contribution in [0.5, 0.6) is 0 Å². The molecule has 1 aliphatic rings. The lowest BCUT2D eigenvalue weighted by atomic mass is 9.94. The van der Waals surface area contributed by atoms with Crippen molar-refractivity contribution in [1.29, 1.82) is 0 Å². The first-order chi connectivity index (χ1) is 11.7. The number of aryl methyl sites for hydroxylation is 1. The van der Waals surface area contributed by atoms with Crippen LogP contribution >= 0.6 is 0 Å². The summed E-state index contributed by atoms with van der Waals surface area (Å²) in [6, 6.07) is 1.56. The molecule has 24 heavy (non-hydrogen) atoms. The van der Waals surface area contributed by atoms with E-state index in [1.807, 2.05) is 4.68 Å². The summed E-state index contributed by atoms with van der Waals surface area (Å²) in [6.07, 6.45) is 6.51. The lowest BCUT2D eigenvalue weighted by molar-refractivity contribution is 0.183. The van der Waals surface area contributed by atoms with Gasteiger partial charge in [-0.1, -0.05) is 5.16 Å². The van der Waals surface area contributed by atoms with Crippen LogP contribution in [-0.2, 0) is 24.2 Å². The van der Waals surface area contributed by atoms with Gasteiger partial charge in [-0.15, -0.1) is 0 Å². The zero-order valence-corrected chi connectivity index (χ0v) is 14.1. The van der Waals surface area contributed by atoms with Gasteiger partial charge in [-0.2, -0.15) is 5.10 Å². The van der Waals surface area contributed by atoms with Crippen molar-refractivity contribution < 1.29 is 14.1 Å². The van der Waals surface area contributed by atoms with Crippen molar-refractivity contribution in [2.45, 2.75) is 38.4 Å². The normalized spacial score (nSPS) is 16.7. The molecule has 0 radical (unpaired) electrons. The van der Waals surface area contributed by atoms with E-state index in [4.69, 9.17) is 9.26 Å². The SMILES string of the molecule is COCCn1cc2c(n1)C(NC(=O)N(C)Cc1ccon1)CCC2. The third-order valence-electron chi connectivity index (χ3n) is 4.20. The number of hydrogen-bond acceptors (Lipinski definition) is 5. The van der Waals surface area contributed by atoms with Gasteiger partial charge in [-0.3, -0.25) is 4.68 Å². The monoisotopic (exact) mass is 333 g/mol. The van der Waals surface area contributed by atoms with Crippen molar-refractivity contribution >= 4 is 6.03 Å². The Kier molecular flexibility index (Phi) is 5.14. The Bertz CT molecular complexity index is 667. The first-order valence-corrected chi connectivity index (χ1v) is 8.13. The van der Waals surface area contributed by atoms with Crippen LogP contribution in [0.25, 0.3) is 0 Å². The van der Waals surface area contributed by atoms with Gasteiger partial charge in [0.05, 0.1) is 31.4 Å². The Morgan fingerprint density at radius 3 is 3.21 bits per heavy atom. The summed E-state index contributed by atoms with van der Waals surface area (Å²) < 4.78 is 11.8. The largest absolute Gasteiger partial charge is 0.383 e. The molecule has 1 atom stereocenters. The molecule has 2 amide bonds. The number of nitrogens with one attached hydrogen (secondary N) is 1. The highest BCUT2D eigenvalue weighted by atomic mass is 16.5. The molecule has 0 aromatic carbocycles. The van der Waals surface area contributed by atoms with Gasteiger partial charge in [0, 0.05) is 26.4 Å². The van der Waals surface area contributed by atoms with E-state index in [0.29, 0.717) is 13.2 Å². The molecule has 2 aromatic rings. The Morgan fingerprint density at radius 2 is 2.46 bits per heavy atom. The van der Waals surface area contributed by atoms with Gasteiger partial charge in [0.1, 0.15) is 12.0 Å². The fraction of sp³-hybridized carbons (Fsp3) is 0.562. The summed E-state index contributed by atoms with van der Waals surface area (Å²) in [6.45, 7) is 1.75. The number of amides is 2. The van der Waals surface area contributed by atoms with E-state index in [2.05, 4.69) is 21.8 Å². The van der Waals surface area contributed by atoms with E-state index < -0.39 is 0 Å². The maximum Gasteiger partial charge on any atom is 0.318 e. The van der Waals surface area contributed by atoms with Gasteiger partial charge in [-0.05, 0) is 24.8 Å². The van der Waals surface area contributed by atoms with Crippen LogP contribution in [0.1, 0.15) is 35.8 Å². The van der Waals surface area contributed by atoms with E-state index in [1.165, 1.54) is 11.8 Å². The summed E-state index contributed by atoms with van der Waals surface area (Å²) in [4.78, 5) is 14.0. The van der Waals surface area contributed by atoms with Gasteiger partial charge in [0.2, 0.25) is 0 Å². The topological polar surface area (TPSA) is 85.4 Å². The molecular formula is C16H23N5O3. The summed E-state index contributed by atoms with van der Waals surface area (Å²) in [5.41, 5.74) is 2.91. The predicted octanol–water partition coefficient (Wildman–Crippen LogP) is 1.74. The van der Waals surface area contributed by atoms with Gasteiger partial charge >= 0.3 is 6.03 Å². The van der Waals surface area contributed by atoms with Crippen LogP contribution in [0.4, 0.5) is 4.79 Å². The zero-order chi connectivity index (χ0) is 16.9. The average molecular weight is 333 g/mol. The summed E-state index contributed by atoms with van der Waals surface area (Å²) >= 11 is 0. The lowest BCUT2D eigenvalue weighted by Crippen LogP contribution is -2.40. The molecule has 0 saturated carbocycles. The third kappa shape index (κ3) is 3.76. The molecule has 0 fully saturated rings. The summed E-state index contributed by atoms with van der Waals surface area (Å²) in [5, 5.41) is 11.5. The smallest absolute Gasteiger partial charge is 0.318 e. The number of methoxy groups -OCH3 is 1. The Balaban J connectivity index is 1.63. The average Bonchev–Trinajstić information content (AvgIpc) is 3.22. The second-order valence-corrected chi connectivity index (χ2v) is 6.04. The van der Waals surface area contributed by atoms with Gasteiger partial charge in [0.15, 0.2) is 0 Å². The number of carbonyl (C=O) groups excluding carboxylic acids is 1. The molecule has 0 aliphatic heterocycles. The van der Waals surface area contributed by atoms with Crippen molar-refractivity contribution in [2.24, 2.45) is 0 Å². The van der Waals surface area contributed by atoms with E-state index >= 15 is 0 Å². The summed E-state index contributed by atoms with van der Waals surface area (Å²) in [7, 11) is 3.42. The molecule has 3 rings (SSSR count). The van der Waals surface area contributed by atoms with Crippen molar-refractivity contribution in [2.75, 3.05) is 20.8 Å². The Hall–Kier alpha value is -2.35. The van der Waals surface area contributed by atoms with Crippen molar-refractivity contribution in [1.82, 2.24) is 25.2 Å². The van der Waals surface area contributed by atoms with Crippen LogP contribution in [0.3, 0.4) is 0 Å². The van der Waals surface area contributed by atoms with E-state index in [0.717, 1.165) is 37.2 Å². The highest BCUT2D eigenvalue weighted by Gasteiger charge is 2.26. The molecule has 8 nitrogen and oxygen atoms in total. The number of fused-ring (bicyclic) bond motifs is 1. The highest BCUT2D eigenvalue weighted by Crippen LogP contribution is 2.28. The Labute approximate surface area is 140 Å². The number of aromatic nitrogens is 3. The van der Waals surface area contributed by atoms with Crippen LogP contribution in [0.2, 0.25) is 0 Å². The molecule has 0 saturated heterocycles. The predicted molar refractivity (Wildman–Crippen MR) is 86.3 cm³/mol. The minimum absolute atomic E-state index is 0.0511. The summed E-state index contributed by atoms with van der Waals surface area (Å²) in [5.74, 6) is 0. The van der Waals surface area contributed by atoms with Gasteiger partial charge in [-0.25, -0.2) is 4.79 Å². The number of nitrogens with zero attached hydrogens (tertiary/aromatic N) is 4. The molecule has 130 valence electrons. The first-order valence-electron chi connectivity index (χ1n) is 8.13. The van der Waals surface area contributed by atoms with Crippen molar-refractivity contribution in [3.63, 3.8) is 0 Å². The van der Waals surface area contributed by atoms with E-state index in [1.54, 1.807) is 25.1 Å². The van der Waals surface area contributed by atoms with Crippen molar-refractivity contribution in [3.05, 3.63) is 35.5 Å². The molecular weight excluding hydrogens is 310 g/mol.